The lowest BCUT2D eigenvalue weighted by Crippen LogP contribution is -2.33. The number of para-hydroxylation sites is 1. The van der Waals surface area contributed by atoms with Gasteiger partial charge >= 0.3 is 0 Å². The van der Waals surface area contributed by atoms with Gasteiger partial charge in [-0.3, -0.25) is 18.5 Å². The first kappa shape index (κ1) is 16.8. The Morgan fingerprint density at radius 1 is 1.42 bits per heavy atom. The summed E-state index contributed by atoms with van der Waals surface area (Å²) in [7, 11) is -0.785. The Hall–Kier alpha value is -2.04. The van der Waals surface area contributed by atoms with E-state index < -0.39 is 10.8 Å². The van der Waals surface area contributed by atoms with Gasteiger partial charge in [0.05, 0.1) is 23.5 Å². The largest absolute Gasteiger partial charge is 0.295 e. The highest BCUT2D eigenvalue weighted by Gasteiger charge is 2.21. The van der Waals surface area contributed by atoms with Gasteiger partial charge in [0, 0.05) is 35.4 Å². The highest BCUT2D eigenvalue weighted by atomic mass is 32.2. The van der Waals surface area contributed by atoms with Crippen molar-refractivity contribution in [1.82, 2.24) is 14.5 Å². The molecule has 2 atom stereocenters. The van der Waals surface area contributed by atoms with Crippen LogP contribution in [-0.4, -0.2) is 43.3 Å². The van der Waals surface area contributed by atoms with Crippen molar-refractivity contribution in [3.8, 4) is 6.07 Å². The number of nitrogens with zero attached hydrogens (tertiary/aromatic N) is 4. The number of fused-ring (bicyclic) bond motifs is 1. The smallest absolute Gasteiger partial charge is 0.262 e. The maximum atomic E-state index is 12.7. The lowest BCUT2D eigenvalue weighted by molar-refractivity contribution is 0.247. The molecule has 0 aliphatic carbocycles. The van der Waals surface area contributed by atoms with Gasteiger partial charge in [0.25, 0.3) is 5.56 Å². The van der Waals surface area contributed by atoms with Crippen molar-refractivity contribution in [2.45, 2.75) is 20.0 Å². The van der Waals surface area contributed by atoms with Gasteiger partial charge < -0.3 is 0 Å². The predicted octanol–water partition coefficient (Wildman–Crippen LogP) is 1.12. The first-order valence-electron chi connectivity index (χ1n) is 8.01. The summed E-state index contributed by atoms with van der Waals surface area (Å²) in [6.45, 7) is 4.10. The minimum absolute atomic E-state index is 0.0126. The van der Waals surface area contributed by atoms with E-state index in [9.17, 15) is 9.00 Å². The number of hydrogen-bond acceptors (Lipinski definition) is 5. The molecule has 6 nitrogen and oxygen atoms in total. The maximum Gasteiger partial charge on any atom is 0.262 e. The molecule has 1 aliphatic rings. The monoisotopic (exact) mass is 344 g/mol. The van der Waals surface area contributed by atoms with Crippen LogP contribution in [0.3, 0.4) is 0 Å². The molecule has 0 saturated carbocycles. The van der Waals surface area contributed by atoms with E-state index in [1.54, 1.807) is 12.1 Å². The zero-order valence-corrected chi connectivity index (χ0v) is 14.5. The van der Waals surface area contributed by atoms with Gasteiger partial charge in [-0.15, -0.1) is 0 Å². The fourth-order valence-electron chi connectivity index (χ4n) is 3.13. The standard InChI is InChI=1S/C17H20N4O2S/c1-13-10-20(8-9-24(23)12-13)11-16-19-15-5-3-2-4-14(15)17(22)21(16)7-6-18/h2-5,13H,7-12H2,1H3/t13-,24-/m0/s1. The highest BCUT2D eigenvalue weighted by molar-refractivity contribution is 7.85. The van der Waals surface area contributed by atoms with E-state index in [1.807, 2.05) is 12.1 Å². The summed E-state index contributed by atoms with van der Waals surface area (Å²) in [5.74, 6) is 2.29. The van der Waals surface area contributed by atoms with Crippen LogP contribution in [0.5, 0.6) is 0 Å². The van der Waals surface area contributed by atoms with Crippen molar-refractivity contribution in [2.75, 3.05) is 24.6 Å². The zero-order valence-electron chi connectivity index (χ0n) is 13.6. The molecule has 1 fully saturated rings. The topological polar surface area (TPSA) is 79.0 Å². The Morgan fingerprint density at radius 3 is 3.00 bits per heavy atom. The van der Waals surface area contributed by atoms with Crippen molar-refractivity contribution >= 4 is 21.7 Å². The van der Waals surface area contributed by atoms with Crippen LogP contribution < -0.4 is 5.56 Å². The number of benzene rings is 1. The van der Waals surface area contributed by atoms with Crippen LogP contribution in [0.4, 0.5) is 0 Å². The molecule has 126 valence electrons. The average molecular weight is 344 g/mol. The van der Waals surface area contributed by atoms with Crippen molar-refractivity contribution < 1.29 is 4.21 Å². The normalized spacial score (nSPS) is 22.2. The van der Waals surface area contributed by atoms with Crippen LogP contribution in [-0.2, 0) is 23.9 Å². The van der Waals surface area contributed by atoms with E-state index in [1.165, 1.54) is 4.57 Å². The maximum absolute atomic E-state index is 12.7. The molecular weight excluding hydrogens is 324 g/mol. The number of nitriles is 1. The molecule has 1 saturated heterocycles. The van der Waals surface area contributed by atoms with Crippen LogP contribution in [0.1, 0.15) is 12.7 Å². The van der Waals surface area contributed by atoms with E-state index in [0.29, 0.717) is 47.2 Å². The molecule has 1 aromatic heterocycles. The van der Waals surface area contributed by atoms with E-state index in [0.717, 1.165) is 6.54 Å². The van der Waals surface area contributed by atoms with Gasteiger partial charge in [0.2, 0.25) is 0 Å². The fraction of sp³-hybridized carbons (Fsp3) is 0.471. The third kappa shape index (κ3) is 3.55. The van der Waals surface area contributed by atoms with Crippen LogP contribution in [0.25, 0.3) is 10.9 Å². The summed E-state index contributed by atoms with van der Waals surface area (Å²) in [6.07, 6.45) is 0. The molecule has 2 heterocycles. The molecule has 0 amide bonds. The third-order valence-electron chi connectivity index (χ3n) is 4.21. The molecular formula is C17H20N4O2S. The minimum Gasteiger partial charge on any atom is -0.295 e. The van der Waals surface area contributed by atoms with Crippen LogP contribution in [0, 0.1) is 17.2 Å². The van der Waals surface area contributed by atoms with E-state index in [-0.39, 0.29) is 12.1 Å². The molecule has 7 heteroatoms. The molecule has 3 rings (SSSR count). The van der Waals surface area contributed by atoms with E-state index in [4.69, 9.17) is 5.26 Å². The second-order valence-corrected chi connectivity index (χ2v) is 7.87. The lowest BCUT2D eigenvalue weighted by Gasteiger charge is -2.22. The molecule has 0 radical (unpaired) electrons. The second kappa shape index (κ2) is 7.24. The van der Waals surface area contributed by atoms with Crippen LogP contribution in [0.15, 0.2) is 29.1 Å². The summed E-state index contributed by atoms with van der Waals surface area (Å²) in [4.78, 5) is 19.5. The minimum atomic E-state index is -0.785. The van der Waals surface area contributed by atoms with Gasteiger partial charge in [-0.05, 0) is 18.1 Å². The first-order valence-corrected chi connectivity index (χ1v) is 9.50. The summed E-state index contributed by atoms with van der Waals surface area (Å²) in [5.41, 5.74) is 0.474. The van der Waals surface area contributed by atoms with Gasteiger partial charge in [0.1, 0.15) is 12.4 Å². The molecule has 24 heavy (non-hydrogen) atoms. The molecule has 0 unspecified atom stereocenters. The second-order valence-electron chi connectivity index (χ2n) is 6.25. The predicted molar refractivity (Wildman–Crippen MR) is 93.9 cm³/mol. The van der Waals surface area contributed by atoms with Crippen LogP contribution in [0.2, 0.25) is 0 Å². The average Bonchev–Trinajstić information content (AvgIpc) is 2.71. The first-order chi connectivity index (χ1) is 11.6. The van der Waals surface area contributed by atoms with Crippen molar-refractivity contribution in [1.29, 1.82) is 5.26 Å². The van der Waals surface area contributed by atoms with Gasteiger partial charge in [-0.25, -0.2) is 4.98 Å². The van der Waals surface area contributed by atoms with Crippen molar-refractivity contribution in [3.05, 3.63) is 40.4 Å². The van der Waals surface area contributed by atoms with Gasteiger partial charge in [0.15, 0.2) is 0 Å². The van der Waals surface area contributed by atoms with Gasteiger partial charge in [-0.1, -0.05) is 19.1 Å². The Labute approximate surface area is 143 Å². The summed E-state index contributed by atoms with van der Waals surface area (Å²) in [5, 5.41) is 9.61. The fourth-order valence-corrected chi connectivity index (χ4v) is 4.50. The van der Waals surface area contributed by atoms with Gasteiger partial charge in [-0.2, -0.15) is 5.26 Å². The molecule has 0 N–H and O–H groups in total. The molecule has 0 bridgehead atoms. The SMILES string of the molecule is C[C@H]1CN(Cc2nc3ccccc3c(=O)n2CC#N)CC[S@](=O)C1. The molecule has 1 aromatic carbocycles. The third-order valence-corrected chi connectivity index (χ3v) is 5.79. The summed E-state index contributed by atoms with van der Waals surface area (Å²) < 4.78 is 13.3. The Balaban J connectivity index is 1.98. The Bertz CT molecular complexity index is 871. The number of rotatable bonds is 3. The quantitative estimate of drug-likeness (QED) is 0.834. The highest BCUT2D eigenvalue weighted by Crippen LogP contribution is 2.13. The number of hydrogen-bond donors (Lipinski definition) is 0. The zero-order chi connectivity index (χ0) is 17.1. The Kier molecular flexibility index (Phi) is 5.07. The Morgan fingerprint density at radius 2 is 2.21 bits per heavy atom. The van der Waals surface area contributed by atoms with E-state index >= 15 is 0 Å². The number of aromatic nitrogens is 2. The molecule has 2 aromatic rings. The molecule has 1 aliphatic heterocycles. The summed E-state index contributed by atoms with van der Waals surface area (Å²) >= 11 is 0. The van der Waals surface area contributed by atoms with Crippen LogP contribution >= 0.6 is 0 Å². The lowest BCUT2D eigenvalue weighted by atomic mass is 10.2. The van der Waals surface area contributed by atoms with E-state index in [2.05, 4.69) is 22.9 Å². The van der Waals surface area contributed by atoms with Crippen molar-refractivity contribution in [3.63, 3.8) is 0 Å². The van der Waals surface area contributed by atoms with Crippen molar-refractivity contribution in [2.24, 2.45) is 5.92 Å². The molecule has 0 spiro atoms. The summed E-state index contributed by atoms with van der Waals surface area (Å²) in [6, 6.07) is 9.25.